The third kappa shape index (κ3) is 3.07. The van der Waals surface area contributed by atoms with Gasteiger partial charge in [-0.2, -0.15) is 5.10 Å². The lowest BCUT2D eigenvalue weighted by Crippen LogP contribution is -2.34. The summed E-state index contributed by atoms with van der Waals surface area (Å²) in [4.78, 5) is 11.4. The van der Waals surface area contributed by atoms with E-state index in [0.29, 0.717) is 24.3 Å². The molecule has 0 fully saturated rings. The highest BCUT2D eigenvalue weighted by Crippen LogP contribution is 2.18. The number of nitrogens with zero attached hydrogens (tertiary/aromatic N) is 5. The summed E-state index contributed by atoms with van der Waals surface area (Å²) in [6, 6.07) is 0.449. The Morgan fingerprint density at radius 1 is 1.25 bits per heavy atom. The normalized spacial score (nSPS) is 12.2. The molecule has 0 unspecified atom stereocenters. The quantitative estimate of drug-likeness (QED) is 0.901. The summed E-state index contributed by atoms with van der Waals surface area (Å²) in [5.41, 5.74) is 6.79. The lowest BCUT2D eigenvalue weighted by Gasteiger charge is -2.27. The van der Waals surface area contributed by atoms with Crippen LogP contribution in [0.25, 0.3) is 11.0 Å². The monoisotopic (exact) mass is 276 g/mol. The van der Waals surface area contributed by atoms with Crippen LogP contribution in [0.5, 0.6) is 0 Å². The van der Waals surface area contributed by atoms with Gasteiger partial charge in [0.25, 0.3) is 0 Å². The Balaban J connectivity index is 2.30. The van der Waals surface area contributed by atoms with Crippen molar-refractivity contribution in [3.05, 3.63) is 12.0 Å². The van der Waals surface area contributed by atoms with Crippen molar-refractivity contribution >= 4 is 16.9 Å². The summed E-state index contributed by atoms with van der Waals surface area (Å²) in [5, 5.41) is 5.00. The molecule has 6 nitrogen and oxygen atoms in total. The average Bonchev–Trinajstić information content (AvgIpc) is 2.70. The van der Waals surface area contributed by atoms with Crippen LogP contribution in [0.2, 0.25) is 0 Å². The van der Waals surface area contributed by atoms with Crippen LogP contribution in [-0.4, -0.2) is 37.2 Å². The first kappa shape index (κ1) is 14.7. The third-order valence-corrected chi connectivity index (χ3v) is 3.34. The van der Waals surface area contributed by atoms with Crippen molar-refractivity contribution in [1.29, 1.82) is 0 Å². The van der Waals surface area contributed by atoms with E-state index in [0.717, 1.165) is 23.4 Å². The molecule has 2 N–H and O–H groups in total. The number of fused-ring (bicyclic) bond motifs is 1. The molecule has 2 heterocycles. The largest absolute Gasteiger partial charge is 0.383 e. The first-order chi connectivity index (χ1) is 9.38. The Morgan fingerprint density at radius 3 is 2.55 bits per heavy atom. The Kier molecular flexibility index (Phi) is 4.23. The second-order valence-electron chi connectivity index (χ2n) is 5.95. The van der Waals surface area contributed by atoms with Crippen LogP contribution in [-0.2, 0) is 13.6 Å². The maximum atomic E-state index is 6.00. The van der Waals surface area contributed by atoms with Crippen LogP contribution in [0.15, 0.2) is 6.20 Å². The van der Waals surface area contributed by atoms with Crippen molar-refractivity contribution < 1.29 is 0 Å². The minimum Gasteiger partial charge on any atom is -0.383 e. The predicted octanol–water partition coefficient (Wildman–Crippen LogP) is 1.81. The summed E-state index contributed by atoms with van der Waals surface area (Å²) < 4.78 is 1.74. The highest BCUT2D eigenvalue weighted by Gasteiger charge is 2.15. The summed E-state index contributed by atoms with van der Waals surface area (Å²) in [7, 11) is 1.87. The smallest absolute Gasteiger partial charge is 0.163 e. The van der Waals surface area contributed by atoms with Crippen molar-refractivity contribution in [2.24, 2.45) is 13.0 Å². The van der Waals surface area contributed by atoms with Gasteiger partial charge in [0, 0.05) is 19.6 Å². The SMILES string of the molecule is CC(C)CN(Cc1nc(N)c2cnn(C)c2n1)C(C)C. The van der Waals surface area contributed by atoms with Gasteiger partial charge in [-0.15, -0.1) is 0 Å². The van der Waals surface area contributed by atoms with Gasteiger partial charge in [-0.25, -0.2) is 9.97 Å². The number of aryl methyl sites for hydroxylation is 1. The van der Waals surface area contributed by atoms with E-state index in [1.54, 1.807) is 10.9 Å². The van der Waals surface area contributed by atoms with Crippen molar-refractivity contribution in [2.45, 2.75) is 40.3 Å². The van der Waals surface area contributed by atoms with E-state index in [1.807, 2.05) is 7.05 Å². The molecule has 2 rings (SSSR count). The predicted molar refractivity (Wildman–Crippen MR) is 81.1 cm³/mol. The van der Waals surface area contributed by atoms with Gasteiger partial charge in [0.15, 0.2) is 5.65 Å². The van der Waals surface area contributed by atoms with Crippen molar-refractivity contribution in [2.75, 3.05) is 12.3 Å². The zero-order valence-corrected chi connectivity index (χ0v) is 13.0. The molecule has 0 aromatic carbocycles. The van der Waals surface area contributed by atoms with Crippen LogP contribution in [0.1, 0.15) is 33.5 Å². The van der Waals surface area contributed by atoms with E-state index in [9.17, 15) is 0 Å². The number of nitrogens with two attached hydrogens (primary N) is 1. The van der Waals surface area contributed by atoms with Crippen LogP contribution in [0.3, 0.4) is 0 Å². The lowest BCUT2D eigenvalue weighted by molar-refractivity contribution is 0.185. The van der Waals surface area contributed by atoms with Gasteiger partial charge in [0.2, 0.25) is 0 Å². The molecule has 2 aromatic rings. The summed E-state index contributed by atoms with van der Waals surface area (Å²) in [5.74, 6) is 1.87. The summed E-state index contributed by atoms with van der Waals surface area (Å²) in [6.45, 7) is 10.5. The third-order valence-electron chi connectivity index (χ3n) is 3.34. The molecule has 110 valence electrons. The fourth-order valence-electron chi connectivity index (χ4n) is 2.27. The molecule has 2 aromatic heterocycles. The molecule has 20 heavy (non-hydrogen) atoms. The van der Waals surface area contributed by atoms with E-state index < -0.39 is 0 Å². The van der Waals surface area contributed by atoms with Gasteiger partial charge in [-0.3, -0.25) is 9.58 Å². The van der Waals surface area contributed by atoms with Gasteiger partial charge in [-0.05, 0) is 19.8 Å². The summed E-state index contributed by atoms with van der Waals surface area (Å²) in [6.07, 6.45) is 1.71. The second-order valence-corrected chi connectivity index (χ2v) is 5.95. The van der Waals surface area contributed by atoms with Crippen LogP contribution >= 0.6 is 0 Å². The Morgan fingerprint density at radius 2 is 1.95 bits per heavy atom. The molecule has 6 heteroatoms. The number of anilines is 1. The number of nitrogen functional groups attached to an aromatic ring is 1. The second kappa shape index (κ2) is 5.75. The number of aromatic nitrogens is 4. The minimum atomic E-state index is 0.449. The minimum absolute atomic E-state index is 0.449. The molecule has 0 aliphatic carbocycles. The van der Waals surface area contributed by atoms with E-state index >= 15 is 0 Å². The number of rotatable bonds is 5. The molecule has 0 spiro atoms. The average molecular weight is 276 g/mol. The Labute approximate surface area is 120 Å². The van der Waals surface area contributed by atoms with Crippen molar-refractivity contribution in [1.82, 2.24) is 24.6 Å². The molecular weight excluding hydrogens is 252 g/mol. The van der Waals surface area contributed by atoms with Crippen LogP contribution in [0, 0.1) is 5.92 Å². The highest BCUT2D eigenvalue weighted by molar-refractivity contribution is 5.84. The highest BCUT2D eigenvalue weighted by atomic mass is 15.3. The number of hydrogen-bond acceptors (Lipinski definition) is 5. The topological polar surface area (TPSA) is 72.9 Å². The first-order valence-corrected chi connectivity index (χ1v) is 7.06. The zero-order chi connectivity index (χ0) is 14.9. The molecule has 0 radical (unpaired) electrons. The van der Waals surface area contributed by atoms with Gasteiger partial charge in [0.1, 0.15) is 11.6 Å². The zero-order valence-electron chi connectivity index (χ0n) is 13.0. The Hall–Kier alpha value is -1.69. The van der Waals surface area contributed by atoms with Crippen LogP contribution < -0.4 is 5.73 Å². The molecule has 0 aliphatic rings. The van der Waals surface area contributed by atoms with E-state index in [4.69, 9.17) is 5.73 Å². The maximum absolute atomic E-state index is 6.00. The molecule has 0 atom stereocenters. The van der Waals surface area contributed by atoms with Gasteiger partial charge in [-0.1, -0.05) is 13.8 Å². The fraction of sp³-hybridized carbons (Fsp3) is 0.643. The molecule has 0 saturated heterocycles. The van der Waals surface area contributed by atoms with Gasteiger partial charge in [0.05, 0.1) is 18.1 Å². The Bertz CT molecular complexity index is 587. The van der Waals surface area contributed by atoms with Gasteiger partial charge < -0.3 is 5.73 Å². The first-order valence-electron chi connectivity index (χ1n) is 7.06. The van der Waals surface area contributed by atoms with Gasteiger partial charge >= 0.3 is 0 Å². The molecule has 0 bridgehead atoms. The molecule has 0 amide bonds. The van der Waals surface area contributed by atoms with Crippen LogP contribution in [0.4, 0.5) is 5.82 Å². The molecule has 0 saturated carbocycles. The van der Waals surface area contributed by atoms with Crippen molar-refractivity contribution in [3.63, 3.8) is 0 Å². The van der Waals surface area contributed by atoms with E-state index in [2.05, 4.69) is 47.7 Å². The molecular formula is C14H24N6. The van der Waals surface area contributed by atoms with E-state index in [-0.39, 0.29) is 0 Å². The fourth-order valence-corrected chi connectivity index (χ4v) is 2.27. The maximum Gasteiger partial charge on any atom is 0.163 e. The van der Waals surface area contributed by atoms with E-state index in [1.165, 1.54) is 0 Å². The standard InChI is InChI=1S/C14H24N6/c1-9(2)7-20(10(3)4)8-12-17-13(15)11-6-16-19(5)14(11)18-12/h6,9-10H,7-8H2,1-5H3,(H2,15,17,18). The lowest BCUT2D eigenvalue weighted by atomic mass is 10.2. The molecule has 0 aliphatic heterocycles. The van der Waals surface area contributed by atoms with Crippen molar-refractivity contribution in [3.8, 4) is 0 Å². The number of hydrogen-bond donors (Lipinski definition) is 1. The summed E-state index contributed by atoms with van der Waals surface area (Å²) >= 11 is 0.